The van der Waals surface area contributed by atoms with Crippen LogP contribution in [0.4, 0.5) is 9.80 Å². The first kappa shape index (κ1) is 23.2. The molecule has 0 unspecified atom stereocenters. The van der Waals surface area contributed by atoms with Crippen molar-refractivity contribution >= 4 is 51.7 Å². The molecule has 0 radical (unpaired) electrons. The van der Waals surface area contributed by atoms with Crippen molar-refractivity contribution in [2.75, 3.05) is 18.4 Å². The Morgan fingerprint density at radius 1 is 1.28 bits per heavy atom. The Balaban J connectivity index is 1.96. The molecule has 0 fully saturated rings. The summed E-state index contributed by atoms with van der Waals surface area (Å²) in [4.78, 5) is 23.7. The topological polar surface area (TPSA) is 113 Å². The zero-order valence-electron chi connectivity index (χ0n) is 15.9. The number of carbonyl (C=O) groups excluding carboxylic acids is 1. The van der Waals surface area contributed by atoms with Gasteiger partial charge >= 0.3 is 12.0 Å². The minimum Gasteiger partial charge on any atom is -0.477 e. The van der Waals surface area contributed by atoms with Crippen LogP contribution in [0.1, 0.15) is 36.2 Å². The molecule has 0 atom stereocenters. The highest BCUT2D eigenvalue weighted by Crippen LogP contribution is 2.32. The smallest absolute Gasteiger partial charge is 0.344 e. The third-order valence-corrected chi connectivity index (χ3v) is 5.02. The molecule has 29 heavy (non-hydrogen) atoms. The number of urea groups is 1. The van der Waals surface area contributed by atoms with Gasteiger partial charge in [0, 0.05) is 28.2 Å². The second-order valence-electron chi connectivity index (χ2n) is 6.36. The molecule has 4 N–H and O–H groups in total. The second-order valence-corrected chi connectivity index (χ2v) is 7.98. The minimum atomic E-state index is -1.26. The van der Waals surface area contributed by atoms with Crippen LogP contribution in [-0.4, -0.2) is 40.6 Å². The molecule has 2 aromatic rings. The number of carboxylic acids is 1. The van der Waals surface area contributed by atoms with Crippen molar-refractivity contribution in [1.82, 2.24) is 15.0 Å². The highest BCUT2D eigenvalue weighted by molar-refractivity contribution is 7.11. The molecule has 0 aliphatic rings. The lowest BCUT2D eigenvalue weighted by atomic mass is 10.2. The van der Waals surface area contributed by atoms with Gasteiger partial charge in [-0.25, -0.2) is 9.59 Å². The lowest BCUT2D eigenvalue weighted by Crippen LogP contribution is -2.32. The first-order chi connectivity index (χ1) is 13.8. The molecular formula is C18H22Cl2N4O4S. The fourth-order valence-corrected chi connectivity index (χ4v) is 3.37. The lowest BCUT2D eigenvalue weighted by molar-refractivity contribution is 0.0693. The largest absolute Gasteiger partial charge is 0.477 e. The van der Waals surface area contributed by atoms with Crippen molar-refractivity contribution < 1.29 is 19.4 Å². The van der Waals surface area contributed by atoms with Crippen LogP contribution >= 0.6 is 34.7 Å². The van der Waals surface area contributed by atoms with Gasteiger partial charge in [-0.2, -0.15) is 4.37 Å². The molecule has 1 aromatic carbocycles. The van der Waals surface area contributed by atoms with Crippen LogP contribution < -0.4 is 20.7 Å². The quantitative estimate of drug-likeness (QED) is 0.394. The molecule has 0 saturated heterocycles. The molecule has 0 aliphatic heterocycles. The van der Waals surface area contributed by atoms with E-state index in [2.05, 4.69) is 20.3 Å². The van der Waals surface area contributed by atoms with Crippen molar-refractivity contribution in [3.63, 3.8) is 0 Å². The molecular weight excluding hydrogens is 439 g/mol. The summed E-state index contributed by atoms with van der Waals surface area (Å²) in [5.74, 6) is -1.36. The van der Waals surface area contributed by atoms with Crippen LogP contribution in [0.25, 0.3) is 0 Å². The highest BCUT2D eigenvalue weighted by atomic mass is 35.5. The first-order valence-corrected chi connectivity index (χ1v) is 10.4. The average Bonchev–Trinajstić information content (AvgIpc) is 3.04. The summed E-state index contributed by atoms with van der Waals surface area (Å²) in [5.41, 5.74) is 0.371. The van der Waals surface area contributed by atoms with Crippen molar-refractivity contribution in [2.45, 2.75) is 32.9 Å². The maximum Gasteiger partial charge on any atom is 0.344 e. The fraction of sp³-hybridized carbons (Fsp3) is 0.389. The Labute approximate surface area is 182 Å². The molecule has 11 heteroatoms. The van der Waals surface area contributed by atoms with Crippen LogP contribution in [0.3, 0.4) is 0 Å². The van der Waals surface area contributed by atoms with Gasteiger partial charge < -0.3 is 20.5 Å². The molecule has 0 spiro atoms. The Morgan fingerprint density at radius 3 is 2.72 bits per heavy atom. The van der Waals surface area contributed by atoms with Crippen molar-refractivity contribution in [3.8, 4) is 5.88 Å². The van der Waals surface area contributed by atoms with Gasteiger partial charge in [0.25, 0.3) is 0 Å². The average molecular weight is 461 g/mol. The fourth-order valence-electron chi connectivity index (χ4n) is 2.28. The molecule has 0 aliphatic carbocycles. The summed E-state index contributed by atoms with van der Waals surface area (Å²) in [6, 6.07) is 4.75. The third kappa shape index (κ3) is 7.36. The van der Waals surface area contributed by atoms with E-state index in [1.54, 1.807) is 18.2 Å². The van der Waals surface area contributed by atoms with E-state index in [0.29, 0.717) is 28.2 Å². The molecule has 1 heterocycles. The predicted molar refractivity (Wildman–Crippen MR) is 115 cm³/mol. The summed E-state index contributed by atoms with van der Waals surface area (Å²) in [6.07, 6.45) is 0.745. The van der Waals surface area contributed by atoms with Gasteiger partial charge in [0.15, 0.2) is 5.56 Å². The van der Waals surface area contributed by atoms with Crippen LogP contribution in [-0.2, 0) is 6.61 Å². The number of nitrogens with one attached hydrogen (secondary N) is 3. The molecule has 8 nitrogen and oxygen atoms in total. The van der Waals surface area contributed by atoms with Crippen molar-refractivity contribution in [3.05, 3.63) is 39.4 Å². The third-order valence-electron chi connectivity index (χ3n) is 3.67. The van der Waals surface area contributed by atoms with E-state index in [1.165, 1.54) is 0 Å². The number of halogens is 2. The Morgan fingerprint density at radius 2 is 2.03 bits per heavy atom. The van der Waals surface area contributed by atoms with Crippen LogP contribution in [0, 0.1) is 0 Å². The number of nitrogens with zero attached hydrogens (tertiary/aromatic N) is 1. The monoisotopic (exact) mass is 460 g/mol. The molecule has 0 saturated carbocycles. The van der Waals surface area contributed by atoms with Crippen molar-refractivity contribution in [2.24, 2.45) is 0 Å². The number of carboxylic acid groups (broad SMARTS) is 1. The van der Waals surface area contributed by atoms with Crippen molar-refractivity contribution in [1.29, 1.82) is 0 Å². The van der Waals surface area contributed by atoms with Gasteiger partial charge in [-0.3, -0.25) is 5.32 Å². The maximum absolute atomic E-state index is 12.0. The first-order valence-electron chi connectivity index (χ1n) is 8.85. The zero-order valence-corrected chi connectivity index (χ0v) is 18.2. The Kier molecular flexibility index (Phi) is 8.97. The predicted octanol–water partition coefficient (Wildman–Crippen LogP) is 4.24. The number of hydrogen-bond donors (Lipinski definition) is 4. The van der Waals surface area contributed by atoms with E-state index in [4.69, 9.17) is 27.9 Å². The van der Waals surface area contributed by atoms with E-state index in [1.807, 2.05) is 13.8 Å². The molecule has 158 valence electrons. The van der Waals surface area contributed by atoms with Gasteiger partial charge in [-0.05, 0) is 42.7 Å². The summed E-state index contributed by atoms with van der Waals surface area (Å²) in [7, 11) is 0. The van der Waals surface area contributed by atoms with Gasteiger partial charge in [0.2, 0.25) is 5.88 Å². The number of benzene rings is 1. The molecule has 2 rings (SSSR count). The van der Waals surface area contributed by atoms with Gasteiger partial charge in [0.1, 0.15) is 11.6 Å². The molecule has 2 amide bonds. The van der Waals surface area contributed by atoms with Crippen LogP contribution in [0.2, 0.25) is 10.0 Å². The summed E-state index contributed by atoms with van der Waals surface area (Å²) in [6.45, 7) is 5.28. The highest BCUT2D eigenvalue weighted by Gasteiger charge is 2.23. The number of amides is 2. The van der Waals surface area contributed by atoms with E-state index in [9.17, 15) is 14.7 Å². The number of ether oxygens (including phenoxy) is 1. The second kappa shape index (κ2) is 11.2. The minimum absolute atomic E-state index is 0.0160. The van der Waals surface area contributed by atoms with E-state index in [0.717, 1.165) is 24.5 Å². The Bertz CT molecular complexity index is 860. The maximum atomic E-state index is 12.0. The number of carbonyl (C=O) groups is 2. The standard InChI is InChI=1S/C18H22Cl2N4O4S/c1-10(2)21-6-3-7-22-18(27)23-16-14(17(25)26)15(24-29-16)28-9-11-8-12(19)4-5-13(11)20/h4-5,8,10,21H,3,6-7,9H2,1-2H3,(H,25,26)(H2,22,23,27). The number of anilines is 1. The van der Waals surface area contributed by atoms with Crippen LogP contribution in [0.15, 0.2) is 18.2 Å². The summed E-state index contributed by atoms with van der Waals surface area (Å²) >= 11 is 12.8. The lowest BCUT2D eigenvalue weighted by Gasteiger charge is -2.09. The van der Waals surface area contributed by atoms with E-state index in [-0.39, 0.29) is 23.1 Å². The summed E-state index contributed by atoms with van der Waals surface area (Å²) in [5, 5.41) is 18.9. The van der Waals surface area contributed by atoms with E-state index < -0.39 is 12.0 Å². The Hall–Kier alpha value is -2.07. The SMILES string of the molecule is CC(C)NCCCNC(=O)Nc1snc(OCc2cc(Cl)ccc2Cl)c1C(=O)O. The van der Waals surface area contributed by atoms with Gasteiger partial charge in [0.05, 0.1) is 0 Å². The van der Waals surface area contributed by atoms with Gasteiger partial charge in [-0.15, -0.1) is 0 Å². The molecule has 1 aromatic heterocycles. The van der Waals surface area contributed by atoms with Gasteiger partial charge in [-0.1, -0.05) is 37.0 Å². The number of aromatic carboxylic acids is 1. The summed E-state index contributed by atoms with van der Waals surface area (Å²) < 4.78 is 9.51. The zero-order chi connectivity index (χ0) is 21.4. The number of rotatable bonds is 10. The number of hydrogen-bond acceptors (Lipinski definition) is 6. The van der Waals surface area contributed by atoms with Crippen LogP contribution in [0.5, 0.6) is 5.88 Å². The normalized spacial score (nSPS) is 10.8. The molecule has 0 bridgehead atoms. The number of aromatic nitrogens is 1. The van der Waals surface area contributed by atoms with E-state index >= 15 is 0 Å².